The first-order valence-electron chi connectivity index (χ1n) is 8.42. The van der Waals surface area contributed by atoms with Gasteiger partial charge in [0.25, 0.3) is 11.6 Å². The number of non-ortho nitro benzene ring substituents is 1. The number of amides is 1. The number of hydrogen-bond acceptors (Lipinski definition) is 6. The number of carbonyl (C=O) groups is 1. The fraction of sp³-hybridized carbons (Fsp3) is 0.222. The average molecular weight is 449 g/mol. The number of benzene rings is 1. The number of rotatable bonds is 8. The van der Waals surface area contributed by atoms with Gasteiger partial charge in [-0.15, -0.1) is 0 Å². The average Bonchev–Trinajstić information content (AvgIpc) is 3.31. The maximum atomic E-state index is 12.2. The lowest BCUT2D eigenvalue weighted by Crippen LogP contribution is -2.22. The molecule has 2 aromatic heterocycles. The lowest BCUT2D eigenvalue weighted by Gasteiger charge is -2.04. The normalized spacial score (nSPS) is 10.6. The van der Waals surface area contributed by atoms with Crippen molar-refractivity contribution in [3.8, 4) is 5.75 Å². The van der Waals surface area contributed by atoms with Crippen LogP contribution in [0.5, 0.6) is 5.75 Å². The van der Waals surface area contributed by atoms with E-state index in [1.807, 2.05) is 13.1 Å². The van der Waals surface area contributed by atoms with E-state index in [2.05, 4.69) is 26.3 Å². The van der Waals surface area contributed by atoms with Crippen molar-refractivity contribution >= 4 is 27.5 Å². The molecule has 0 aliphatic rings. The third kappa shape index (κ3) is 4.77. The summed E-state index contributed by atoms with van der Waals surface area (Å²) in [5.41, 5.74) is 0.711. The van der Waals surface area contributed by atoms with Gasteiger partial charge in [-0.05, 0) is 47.1 Å². The van der Waals surface area contributed by atoms with Crippen molar-refractivity contribution in [2.75, 3.05) is 0 Å². The SMILES string of the molecule is CCn1cc(Br)c(CNC(=O)c2ccc(COc3ccc([N+](=O)[O-])cc3)o2)n1. The van der Waals surface area contributed by atoms with Crippen LogP contribution in [-0.4, -0.2) is 20.6 Å². The van der Waals surface area contributed by atoms with Crippen molar-refractivity contribution in [3.05, 3.63) is 74.4 Å². The second kappa shape index (κ2) is 8.70. The molecular weight excluding hydrogens is 432 g/mol. The maximum absolute atomic E-state index is 12.2. The molecule has 2 heterocycles. The van der Waals surface area contributed by atoms with E-state index < -0.39 is 4.92 Å². The quantitative estimate of drug-likeness (QED) is 0.415. The third-order valence-electron chi connectivity index (χ3n) is 3.84. The summed E-state index contributed by atoms with van der Waals surface area (Å²) < 4.78 is 13.6. The molecule has 0 unspecified atom stereocenters. The van der Waals surface area contributed by atoms with Gasteiger partial charge in [0.1, 0.15) is 18.1 Å². The number of ether oxygens (including phenoxy) is 1. The van der Waals surface area contributed by atoms with Crippen LogP contribution >= 0.6 is 15.9 Å². The molecule has 0 saturated heterocycles. The molecule has 0 saturated carbocycles. The Morgan fingerprint density at radius 3 is 2.71 bits per heavy atom. The van der Waals surface area contributed by atoms with Crippen molar-refractivity contribution in [3.63, 3.8) is 0 Å². The number of nitro groups is 1. The Bertz CT molecular complexity index is 980. The molecule has 0 radical (unpaired) electrons. The van der Waals surface area contributed by atoms with Gasteiger partial charge in [-0.25, -0.2) is 0 Å². The minimum Gasteiger partial charge on any atom is -0.486 e. The molecule has 1 N–H and O–H groups in total. The van der Waals surface area contributed by atoms with Gasteiger partial charge in [0, 0.05) is 24.9 Å². The predicted molar refractivity (Wildman–Crippen MR) is 103 cm³/mol. The topological polar surface area (TPSA) is 112 Å². The van der Waals surface area contributed by atoms with Crippen LogP contribution in [0.15, 0.2) is 51.5 Å². The van der Waals surface area contributed by atoms with Crippen LogP contribution in [-0.2, 0) is 19.7 Å². The van der Waals surface area contributed by atoms with Gasteiger partial charge in [0.05, 0.1) is 21.6 Å². The summed E-state index contributed by atoms with van der Waals surface area (Å²) >= 11 is 3.41. The van der Waals surface area contributed by atoms with Crippen LogP contribution < -0.4 is 10.1 Å². The Morgan fingerprint density at radius 2 is 2.07 bits per heavy atom. The molecule has 0 aliphatic carbocycles. The number of aryl methyl sites for hydroxylation is 1. The molecule has 0 atom stereocenters. The van der Waals surface area contributed by atoms with E-state index >= 15 is 0 Å². The van der Waals surface area contributed by atoms with E-state index in [9.17, 15) is 14.9 Å². The largest absolute Gasteiger partial charge is 0.486 e. The zero-order valence-electron chi connectivity index (χ0n) is 14.9. The standard InChI is InChI=1S/C18H17BrN4O5/c1-2-22-10-15(19)16(21-22)9-20-18(24)17-8-7-14(28-17)11-27-13-5-3-12(4-6-13)23(25)26/h3-8,10H,2,9,11H2,1H3,(H,20,24). The van der Waals surface area contributed by atoms with Crippen LogP contribution in [0.25, 0.3) is 0 Å². The molecule has 0 aliphatic heterocycles. The number of aromatic nitrogens is 2. The van der Waals surface area contributed by atoms with Gasteiger partial charge in [-0.2, -0.15) is 5.10 Å². The minimum absolute atomic E-state index is 0.0142. The molecule has 28 heavy (non-hydrogen) atoms. The lowest BCUT2D eigenvalue weighted by atomic mass is 10.3. The Balaban J connectivity index is 1.53. The van der Waals surface area contributed by atoms with Crippen molar-refractivity contribution in [2.45, 2.75) is 26.6 Å². The zero-order valence-corrected chi connectivity index (χ0v) is 16.5. The molecule has 10 heteroatoms. The van der Waals surface area contributed by atoms with Crippen LogP contribution in [0.4, 0.5) is 5.69 Å². The van der Waals surface area contributed by atoms with Crippen molar-refractivity contribution in [1.82, 2.24) is 15.1 Å². The number of hydrogen-bond donors (Lipinski definition) is 1. The van der Waals surface area contributed by atoms with Gasteiger partial charge in [-0.1, -0.05) is 0 Å². The molecule has 1 aromatic carbocycles. The maximum Gasteiger partial charge on any atom is 0.287 e. The van der Waals surface area contributed by atoms with Crippen LogP contribution in [0, 0.1) is 10.1 Å². The van der Waals surface area contributed by atoms with Gasteiger partial charge in [-0.3, -0.25) is 19.6 Å². The minimum atomic E-state index is -0.480. The summed E-state index contributed by atoms with van der Waals surface area (Å²) in [6.07, 6.45) is 1.85. The van der Waals surface area contributed by atoms with Gasteiger partial charge < -0.3 is 14.5 Å². The first-order chi connectivity index (χ1) is 13.5. The fourth-order valence-electron chi connectivity index (χ4n) is 2.37. The van der Waals surface area contributed by atoms with E-state index in [0.717, 1.165) is 16.7 Å². The van der Waals surface area contributed by atoms with Gasteiger partial charge in [0.15, 0.2) is 5.76 Å². The van der Waals surface area contributed by atoms with Crippen molar-refractivity contribution in [2.24, 2.45) is 0 Å². The Morgan fingerprint density at radius 1 is 1.32 bits per heavy atom. The van der Waals surface area contributed by atoms with Crippen LogP contribution in [0.1, 0.15) is 28.9 Å². The highest BCUT2D eigenvalue weighted by molar-refractivity contribution is 9.10. The molecular formula is C18H17BrN4O5. The lowest BCUT2D eigenvalue weighted by molar-refractivity contribution is -0.384. The molecule has 9 nitrogen and oxygen atoms in total. The molecule has 0 bridgehead atoms. The zero-order chi connectivity index (χ0) is 20.1. The number of carbonyl (C=O) groups excluding carboxylic acids is 1. The number of nitro benzene ring substituents is 1. The summed E-state index contributed by atoms with van der Waals surface area (Å²) in [6, 6.07) is 8.91. The van der Waals surface area contributed by atoms with Crippen molar-refractivity contribution < 1.29 is 18.9 Å². The highest BCUT2D eigenvalue weighted by atomic mass is 79.9. The summed E-state index contributed by atoms with van der Waals surface area (Å²) in [6.45, 7) is 3.08. The second-order valence-corrected chi connectivity index (χ2v) is 6.62. The Labute approximate surface area is 168 Å². The van der Waals surface area contributed by atoms with Crippen molar-refractivity contribution in [1.29, 1.82) is 0 Å². The van der Waals surface area contributed by atoms with Crippen LogP contribution in [0.2, 0.25) is 0 Å². The molecule has 0 spiro atoms. The number of halogens is 1. The predicted octanol–water partition coefficient (Wildman–Crippen LogP) is 3.68. The highest BCUT2D eigenvalue weighted by Crippen LogP contribution is 2.19. The van der Waals surface area contributed by atoms with Gasteiger partial charge >= 0.3 is 0 Å². The Hall–Kier alpha value is -3.14. The molecule has 146 valence electrons. The van der Waals surface area contributed by atoms with Gasteiger partial charge in [0.2, 0.25) is 0 Å². The van der Waals surface area contributed by atoms with E-state index in [-0.39, 0.29) is 30.5 Å². The summed E-state index contributed by atoms with van der Waals surface area (Å²) in [7, 11) is 0. The van der Waals surface area contributed by atoms with E-state index in [1.165, 1.54) is 24.3 Å². The Kier molecular flexibility index (Phi) is 6.09. The number of nitrogens with zero attached hydrogens (tertiary/aromatic N) is 3. The monoisotopic (exact) mass is 448 g/mol. The van der Waals surface area contributed by atoms with E-state index in [4.69, 9.17) is 9.15 Å². The molecule has 1 amide bonds. The summed E-state index contributed by atoms with van der Waals surface area (Å²) in [5.74, 6) is 0.720. The summed E-state index contributed by atoms with van der Waals surface area (Å²) in [4.78, 5) is 22.4. The number of furan rings is 1. The fourth-order valence-corrected chi connectivity index (χ4v) is 2.82. The molecule has 3 rings (SSSR count). The number of nitrogens with one attached hydrogen (secondary N) is 1. The smallest absolute Gasteiger partial charge is 0.287 e. The molecule has 3 aromatic rings. The first kappa shape index (κ1) is 19.6. The van der Waals surface area contributed by atoms with E-state index in [1.54, 1.807) is 16.8 Å². The van der Waals surface area contributed by atoms with Crippen LogP contribution in [0.3, 0.4) is 0 Å². The first-order valence-corrected chi connectivity index (χ1v) is 9.21. The molecule has 0 fully saturated rings. The van der Waals surface area contributed by atoms with E-state index in [0.29, 0.717) is 11.5 Å². The summed E-state index contributed by atoms with van der Waals surface area (Å²) in [5, 5.41) is 17.7. The highest BCUT2D eigenvalue weighted by Gasteiger charge is 2.14. The third-order valence-corrected chi connectivity index (χ3v) is 4.50. The second-order valence-electron chi connectivity index (χ2n) is 5.77.